The molecule has 5 rings (SSSR count). The maximum absolute atomic E-state index is 13.4. The van der Waals surface area contributed by atoms with Crippen LogP contribution in [0.3, 0.4) is 0 Å². The van der Waals surface area contributed by atoms with Crippen LogP contribution in [0.15, 0.2) is 35.5 Å². The molecule has 4 aliphatic carbocycles. The van der Waals surface area contributed by atoms with Crippen LogP contribution in [0.25, 0.3) is 0 Å². The molecule has 1 saturated heterocycles. The minimum Gasteiger partial charge on any atom is -0.389 e. The van der Waals surface area contributed by atoms with Crippen molar-refractivity contribution in [3.8, 4) is 0 Å². The quantitative estimate of drug-likeness (QED) is 0.661. The van der Waals surface area contributed by atoms with Crippen LogP contribution in [0.5, 0.6) is 0 Å². The Morgan fingerprint density at radius 3 is 2.92 bits per heavy atom. The van der Waals surface area contributed by atoms with Gasteiger partial charge in [0, 0.05) is 22.3 Å². The molecule has 1 fully saturated rings. The Hall–Kier alpha value is -1.37. The number of ketones is 2. The Kier molecular flexibility index (Phi) is 3.09. The summed E-state index contributed by atoms with van der Waals surface area (Å²) >= 11 is -1.72. The van der Waals surface area contributed by atoms with E-state index in [1.165, 1.54) is 0 Å². The molecule has 132 valence electrons. The average molecular weight is 360 g/mol. The summed E-state index contributed by atoms with van der Waals surface area (Å²) in [5, 5.41) is 9.29. The summed E-state index contributed by atoms with van der Waals surface area (Å²) in [5.74, 6) is -0.909. The van der Waals surface area contributed by atoms with E-state index in [9.17, 15) is 18.9 Å². The van der Waals surface area contributed by atoms with E-state index in [4.69, 9.17) is 4.18 Å². The minimum absolute atomic E-state index is 0.0255. The fourth-order valence-electron chi connectivity index (χ4n) is 5.67. The van der Waals surface area contributed by atoms with Crippen LogP contribution in [0.1, 0.15) is 26.2 Å². The molecule has 7 atom stereocenters. The molecular formula is C19H20O5S. The molecule has 0 aromatic heterocycles. The normalized spacial score (nSPS) is 50.6. The van der Waals surface area contributed by atoms with Gasteiger partial charge in [-0.05, 0) is 30.9 Å². The molecular weight excluding hydrogens is 340 g/mol. The van der Waals surface area contributed by atoms with Crippen molar-refractivity contribution in [1.29, 1.82) is 0 Å². The first-order chi connectivity index (χ1) is 11.9. The van der Waals surface area contributed by atoms with E-state index in [2.05, 4.69) is 0 Å². The Balaban J connectivity index is 1.77. The summed E-state index contributed by atoms with van der Waals surface area (Å²) < 4.78 is 18.0. The molecule has 0 amide bonds. The van der Waals surface area contributed by atoms with Crippen molar-refractivity contribution in [3.63, 3.8) is 0 Å². The third-order valence-electron chi connectivity index (χ3n) is 6.95. The molecule has 2 bridgehead atoms. The topological polar surface area (TPSA) is 80.7 Å². The van der Waals surface area contributed by atoms with Crippen molar-refractivity contribution in [1.82, 2.24) is 0 Å². The van der Waals surface area contributed by atoms with Gasteiger partial charge in [-0.1, -0.05) is 25.2 Å². The number of aliphatic hydroxyl groups excluding tert-OH is 1. The third-order valence-corrected chi connectivity index (χ3v) is 8.25. The standard InChI is InChI=1S/C19H20O5S/c1-18-5-3-11-14(15(18)13(21)4-6-18)16(22)17-12-8-10(20)2-7-19(11,12)9-24-25(17)23/h2,4,6-7,10,12,15,17,20H,3,5,8-9H2,1H3/t10-,12-,15+,17-,18+,19-,25?/m0/s1. The van der Waals surface area contributed by atoms with Gasteiger partial charge in [-0.15, -0.1) is 0 Å². The van der Waals surface area contributed by atoms with Crippen LogP contribution in [0.2, 0.25) is 0 Å². The van der Waals surface area contributed by atoms with Gasteiger partial charge in [0.1, 0.15) is 5.25 Å². The van der Waals surface area contributed by atoms with Crippen LogP contribution < -0.4 is 0 Å². The van der Waals surface area contributed by atoms with E-state index < -0.39 is 33.8 Å². The highest BCUT2D eigenvalue weighted by Gasteiger charge is 2.63. The van der Waals surface area contributed by atoms with Gasteiger partial charge in [-0.25, -0.2) is 4.21 Å². The van der Waals surface area contributed by atoms with E-state index in [0.29, 0.717) is 12.0 Å². The highest BCUT2D eigenvalue weighted by molar-refractivity contribution is 7.81. The number of fused-ring (bicyclic) bond motifs is 2. The van der Waals surface area contributed by atoms with Crippen molar-refractivity contribution in [2.45, 2.75) is 37.5 Å². The molecule has 6 heteroatoms. The number of hydrogen-bond acceptors (Lipinski definition) is 5. The second-order valence-electron chi connectivity index (χ2n) is 8.18. The van der Waals surface area contributed by atoms with E-state index in [1.807, 2.05) is 19.1 Å². The van der Waals surface area contributed by atoms with E-state index in [0.717, 1.165) is 18.4 Å². The monoisotopic (exact) mass is 360 g/mol. The van der Waals surface area contributed by atoms with Gasteiger partial charge in [-0.3, -0.25) is 13.8 Å². The fourth-order valence-corrected chi connectivity index (χ4v) is 7.05. The maximum atomic E-state index is 13.4. The van der Waals surface area contributed by atoms with Gasteiger partial charge in [0.25, 0.3) is 0 Å². The lowest BCUT2D eigenvalue weighted by molar-refractivity contribution is -0.125. The van der Waals surface area contributed by atoms with E-state index >= 15 is 0 Å². The molecule has 0 saturated carbocycles. The zero-order valence-electron chi connectivity index (χ0n) is 13.9. The first kappa shape index (κ1) is 15.9. The third kappa shape index (κ3) is 1.83. The Labute approximate surface area is 148 Å². The van der Waals surface area contributed by atoms with Gasteiger partial charge in [0.05, 0.1) is 18.6 Å². The van der Waals surface area contributed by atoms with Crippen LogP contribution in [0.4, 0.5) is 0 Å². The minimum atomic E-state index is -1.72. The van der Waals surface area contributed by atoms with Crippen molar-refractivity contribution in [2.75, 3.05) is 6.61 Å². The molecule has 25 heavy (non-hydrogen) atoms. The molecule has 0 radical (unpaired) electrons. The fraction of sp³-hybridized carbons (Fsp3) is 0.579. The predicted molar refractivity (Wildman–Crippen MR) is 90.6 cm³/mol. The Morgan fingerprint density at radius 2 is 2.12 bits per heavy atom. The van der Waals surface area contributed by atoms with E-state index in [-0.39, 0.29) is 29.5 Å². The number of aliphatic hydroxyl groups is 1. The van der Waals surface area contributed by atoms with Crippen LogP contribution >= 0.6 is 0 Å². The largest absolute Gasteiger partial charge is 0.389 e. The highest BCUT2D eigenvalue weighted by atomic mass is 32.2. The molecule has 5 aliphatic rings. The second-order valence-corrected chi connectivity index (χ2v) is 9.45. The SMILES string of the molecule is C[C@@]12C=CC(=O)[C@@H]1C1=C(CC2)[C@@]23C=C[C@H](O)C[C@H]2[C@@H](C1=O)S(=O)OC3. The number of carbonyl (C=O) groups excluding carboxylic acids is 2. The summed E-state index contributed by atoms with van der Waals surface area (Å²) in [6.45, 7) is 2.28. The molecule has 1 heterocycles. The van der Waals surface area contributed by atoms with Gasteiger partial charge >= 0.3 is 0 Å². The van der Waals surface area contributed by atoms with Gasteiger partial charge in [0.2, 0.25) is 0 Å². The maximum Gasteiger partial charge on any atom is 0.177 e. The smallest absolute Gasteiger partial charge is 0.177 e. The Bertz CT molecular complexity index is 824. The second kappa shape index (κ2) is 4.87. The average Bonchev–Trinajstić information content (AvgIpc) is 2.89. The molecule has 0 aromatic rings. The van der Waals surface area contributed by atoms with Gasteiger partial charge in [-0.2, -0.15) is 0 Å². The van der Waals surface area contributed by atoms with Crippen molar-refractivity contribution >= 4 is 22.6 Å². The summed E-state index contributed by atoms with van der Waals surface area (Å²) in [4.78, 5) is 25.9. The zero-order chi connectivity index (χ0) is 17.6. The van der Waals surface area contributed by atoms with Gasteiger partial charge in [0.15, 0.2) is 22.6 Å². The lowest BCUT2D eigenvalue weighted by Crippen LogP contribution is -2.60. The van der Waals surface area contributed by atoms with Crippen molar-refractivity contribution in [2.24, 2.45) is 22.7 Å². The summed E-state index contributed by atoms with van der Waals surface area (Å²) in [7, 11) is 0. The number of Topliss-reactive ketones (excluding diaryl/α,β-unsaturated/α-hetero) is 1. The first-order valence-corrected chi connectivity index (χ1v) is 9.93. The van der Waals surface area contributed by atoms with Crippen molar-refractivity contribution < 1.29 is 23.1 Å². The summed E-state index contributed by atoms with van der Waals surface area (Å²) in [5.41, 5.74) is 0.732. The zero-order valence-corrected chi connectivity index (χ0v) is 14.8. The molecule has 0 aromatic carbocycles. The Morgan fingerprint density at radius 1 is 1.32 bits per heavy atom. The van der Waals surface area contributed by atoms with Crippen LogP contribution in [0, 0.1) is 22.7 Å². The molecule has 1 aliphatic heterocycles. The lowest BCUT2D eigenvalue weighted by atomic mass is 9.52. The van der Waals surface area contributed by atoms with Gasteiger partial charge < -0.3 is 5.11 Å². The first-order valence-electron chi connectivity index (χ1n) is 8.79. The molecule has 1 unspecified atom stereocenters. The van der Waals surface area contributed by atoms with Crippen molar-refractivity contribution in [3.05, 3.63) is 35.5 Å². The number of carbonyl (C=O) groups is 2. The highest BCUT2D eigenvalue weighted by Crippen LogP contribution is 2.61. The summed E-state index contributed by atoms with van der Waals surface area (Å²) in [6.07, 6.45) is 8.56. The van der Waals surface area contributed by atoms with Crippen LogP contribution in [-0.4, -0.2) is 38.8 Å². The lowest BCUT2D eigenvalue weighted by Gasteiger charge is -2.55. The number of rotatable bonds is 0. The number of hydrogen-bond donors (Lipinski definition) is 1. The summed E-state index contributed by atoms with van der Waals surface area (Å²) in [6, 6.07) is 0. The van der Waals surface area contributed by atoms with Crippen LogP contribution in [-0.2, 0) is 24.9 Å². The molecule has 1 N–H and O–H groups in total. The molecule has 0 spiro atoms. The van der Waals surface area contributed by atoms with E-state index in [1.54, 1.807) is 12.2 Å². The predicted octanol–water partition coefficient (Wildman–Crippen LogP) is 1.41. The molecule has 5 nitrogen and oxygen atoms in total. The number of allylic oxidation sites excluding steroid dienone is 3.